The van der Waals surface area contributed by atoms with E-state index in [9.17, 15) is 0 Å². The van der Waals surface area contributed by atoms with E-state index in [1.54, 1.807) is 6.20 Å². The van der Waals surface area contributed by atoms with Gasteiger partial charge in [0.15, 0.2) is 0 Å². The number of pyridine rings is 1. The molecule has 0 spiro atoms. The molecule has 0 N–H and O–H groups in total. The quantitative estimate of drug-likeness (QED) is 0.524. The molecular weight excluding hydrogens is 420 g/mol. The number of hydrogen-bond acceptors (Lipinski definition) is 4. The zero-order valence-electron chi connectivity index (χ0n) is 20.9. The second kappa shape index (κ2) is 7.66. The van der Waals surface area contributed by atoms with E-state index >= 15 is 0 Å². The molecule has 1 fully saturated rings. The molecule has 5 atom stereocenters. The second-order valence-corrected chi connectivity index (χ2v) is 11.5. The Balaban J connectivity index is 1.47. The lowest BCUT2D eigenvalue weighted by molar-refractivity contribution is -0.0756. The van der Waals surface area contributed by atoms with Crippen LogP contribution in [0.2, 0.25) is 0 Å². The number of allylic oxidation sites excluding steroid dienone is 6. The molecule has 34 heavy (non-hydrogen) atoms. The fraction of sp³-hybridized carbons (Fsp3) is 0.552. The molecule has 6 rings (SSSR count). The van der Waals surface area contributed by atoms with Crippen LogP contribution in [-0.4, -0.2) is 26.6 Å². The predicted molar refractivity (Wildman–Crippen MR) is 134 cm³/mol. The minimum atomic E-state index is 0.118. The van der Waals surface area contributed by atoms with E-state index < -0.39 is 0 Å². The highest BCUT2D eigenvalue weighted by Crippen LogP contribution is 2.72. The fourth-order valence-corrected chi connectivity index (χ4v) is 8.50. The second-order valence-electron chi connectivity index (χ2n) is 11.5. The summed E-state index contributed by atoms with van der Waals surface area (Å²) < 4.78 is 8.06. The maximum absolute atomic E-state index is 6.02. The molecule has 2 aromatic heterocycles. The van der Waals surface area contributed by atoms with E-state index in [4.69, 9.17) is 4.74 Å². The van der Waals surface area contributed by atoms with Gasteiger partial charge in [-0.05, 0) is 96.0 Å². The zero-order chi connectivity index (χ0) is 23.6. The molecule has 5 heteroatoms. The lowest BCUT2D eigenvalue weighted by Gasteiger charge is -2.63. The van der Waals surface area contributed by atoms with Gasteiger partial charge in [-0.2, -0.15) is 0 Å². The smallest absolute Gasteiger partial charge is 0.0963 e. The van der Waals surface area contributed by atoms with Crippen LogP contribution in [0.1, 0.15) is 71.8 Å². The Morgan fingerprint density at radius 1 is 1.12 bits per heavy atom. The summed E-state index contributed by atoms with van der Waals surface area (Å²) in [6, 6.07) is 4.31. The van der Waals surface area contributed by atoms with Crippen molar-refractivity contribution in [3.05, 3.63) is 66.0 Å². The number of ether oxygens (including phenoxy) is 1. The summed E-state index contributed by atoms with van der Waals surface area (Å²) >= 11 is 0. The van der Waals surface area contributed by atoms with Crippen molar-refractivity contribution >= 4 is 11.3 Å². The Hall–Kier alpha value is -2.69. The zero-order valence-corrected chi connectivity index (χ0v) is 20.9. The Morgan fingerprint density at radius 3 is 2.74 bits per heavy atom. The van der Waals surface area contributed by atoms with Gasteiger partial charge in [0.05, 0.1) is 24.8 Å². The molecule has 178 valence electrons. The monoisotopic (exact) mass is 456 g/mol. The van der Waals surface area contributed by atoms with Crippen LogP contribution >= 0.6 is 0 Å². The van der Waals surface area contributed by atoms with Gasteiger partial charge >= 0.3 is 0 Å². The van der Waals surface area contributed by atoms with Crippen molar-refractivity contribution < 1.29 is 4.74 Å². The van der Waals surface area contributed by atoms with Gasteiger partial charge in [-0.15, -0.1) is 5.10 Å². The Labute approximate surface area is 203 Å². The van der Waals surface area contributed by atoms with Crippen LogP contribution in [0, 0.1) is 28.1 Å². The molecule has 4 aliphatic rings. The topological polar surface area (TPSA) is 52.8 Å². The lowest BCUT2D eigenvalue weighted by Crippen LogP contribution is -2.55. The molecule has 0 unspecified atom stereocenters. The maximum atomic E-state index is 6.02. The van der Waals surface area contributed by atoms with Crippen LogP contribution in [0.15, 0.2) is 60.4 Å². The van der Waals surface area contributed by atoms with Gasteiger partial charge < -0.3 is 4.74 Å². The van der Waals surface area contributed by atoms with E-state index in [-0.39, 0.29) is 16.2 Å². The van der Waals surface area contributed by atoms with Gasteiger partial charge in [0.2, 0.25) is 0 Å². The molecule has 1 saturated carbocycles. The third-order valence-electron chi connectivity index (χ3n) is 9.93. The highest BCUT2D eigenvalue weighted by molar-refractivity contribution is 5.73. The van der Waals surface area contributed by atoms with Crippen molar-refractivity contribution in [2.24, 2.45) is 28.1 Å². The normalized spacial score (nSPS) is 36.8. The van der Waals surface area contributed by atoms with Crippen LogP contribution in [-0.2, 0) is 4.74 Å². The van der Waals surface area contributed by atoms with Gasteiger partial charge in [-0.3, -0.25) is 4.98 Å². The van der Waals surface area contributed by atoms with Crippen LogP contribution in [0.25, 0.3) is 11.3 Å². The summed E-state index contributed by atoms with van der Waals surface area (Å²) in [7, 11) is 0. The van der Waals surface area contributed by atoms with Crippen molar-refractivity contribution in [2.75, 3.05) is 6.61 Å². The van der Waals surface area contributed by atoms with Crippen molar-refractivity contribution in [1.29, 1.82) is 0 Å². The molecule has 0 aliphatic heterocycles. The molecule has 0 aromatic carbocycles. The SMILES string of the molecule is CCOC1=CC2=C(n3ccnn3)C[C@]3(C)[C@H](CC[C@]4(C)C(c5cccnc5)=CC[C@@H]34)[C@@]2(C)CC1. The van der Waals surface area contributed by atoms with Crippen LogP contribution in [0.3, 0.4) is 0 Å². The van der Waals surface area contributed by atoms with Gasteiger partial charge in [-0.1, -0.05) is 38.1 Å². The van der Waals surface area contributed by atoms with Crippen molar-refractivity contribution in [1.82, 2.24) is 20.0 Å². The van der Waals surface area contributed by atoms with E-state index in [2.05, 4.69) is 73.5 Å². The third kappa shape index (κ3) is 2.95. The number of rotatable bonds is 4. The summed E-state index contributed by atoms with van der Waals surface area (Å²) in [5, 5.41) is 8.67. The molecule has 2 heterocycles. The average Bonchev–Trinajstić information content (AvgIpc) is 3.48. The minimum absolute atomic E-state index is 0.118. The first kappa shape index (κ1) is 21.8. The van der Waals surface area contributed by atoms with Gasteiger partial charge in [0.25, 0.3) is 0 Å². The first-order valence-corrected chi connectivity index (χ1v) is 12.9. The largest absolute Gasteiger partial charge is 0.498 e. The number of nitrogens with zero attached hydrogens (tertiary/aromatic N) is 4. The summed E-state index contributed by atoms with van der Waals surface area (Å²) in [4.78, 5) is 4.44. The molecule has 0 radical (unpaired) electrons. The number of hydrogen-bond donors (Lipinski definition) is 0. The molecular formula is C29H36N4O. The fourth-order valence-electron chi connectivity index (χ4n) is 8.50. The first-order valence-electron chi connectivity index (χ1n) is 12.9. The maximum Gasteiger partial charge on any atom is 0.0963 e. The van der Waals surface area contributed by atoms with Crippen LogP contribution in [0.5, 0.6) is 0 Å². The molecule has 0 bridgehead atoms. The number of fused-ring (bicyclic) bond motifs is 5. The Kier molecular flexibility index (Phi) is 4.91. The molecule has 0 saturated heterocycles. The van der Waals surface area contributed by atoms with Gasteiger partial charge in [0.1, 0.15) is 0 Å². The molecule has 2 aromatic rings. The summed E-state index contributed by atoms with van der Waals surface area (Å²) in [5.74, 6) is 2.36. The van der Waals surface area contributed by atoms with E-state index in [0.29, 0.717) is 11.8 Å². The predicted octanol–water partition coefficient (Wildman–Crippen LogP) is 6.53. The average molecular weight is 457 g/mol. The minimum Gasteiger partial charge on any atom is -0.498 e. The van der Waals surface area contributed by atoms with Gasteiger partial charge in [-0.25, -0.2) is 4.68 Å². The Morgan fingerprint density at radius 2 is 2.00 bits per heavy atom. The van der Waals surface area contributed by atoms with Gasteiger partial charge in [0, 0.05) is 24.5 Å². The number of aromatic nitrogens is 4. The highest BCUT2D eigenvalue weighted by atomic mass is 16.5. The highest BCUT2D eigenvalue weighted by Gasteiger charge is 2.63. The van der Waals surface area contributed by atoms with E-state index in [1.165, 1.54) is 35.2 Å². The molecule has 5 nitrogen and oxygen atoms in total. The molecule has 4 aliphatic carbocycles. The van der Waals surface area contributed by atoms with Crippen molar-refractivity contribution in [3.8, 4) is 0 Å². The third-order valence-corrected chi connectivity index (χ3v) is 9.93. The summed E-state index contributed by atoms with van der Waals surface area (Å²) in [6.45, 7) is 10.4. The first-order chi connectivity index (χ1) is 16.4. The van der Waals surface area contributed by atoms with Crippen molar-refractivity contribution in [2.45, 2.75) is 66.2 Å². The van der Waals surface area contributed by atoms with Crippen molar-refractivity contribution in [3.63, 3.8) is 0 Å². The van der Waals surface area contributed by atoms with E-state index in [1.807, 2.05) is 17.1 Å². The Bertz CT molecular complexity index is 1180. The summed E-state index contributed by atoms with van der Waals surface area (Å²) in [5.41, 5.74) is 6.03. The lowest BCUT2D eigenvalue weighted by atomic mass is 9.41. The summed E-state index contributed by atoms with van der Waals surface area (Å²) in [6.07, 6.45) is 19.4. The molecule has 0 amide bonds. The van der Waals surface area contributed by atoms with E-state index in [0.717, 1.165) is 38.0 Å². The van der Waals surface area contributed by atoms with Crippen LogP contribution < -0.4 is 0 Å². The standard InChI is InChI=1S/C29H36N4O/c1-5-34-21-10-12-28(3)23(17-21)24(33-16-15-31-32-33)18-29(4)25-9-8-22(20-7-6-14-30-19-20)27(25,2)13-11-26(28)29/h6-8,14-17,19,25-26H,5,9-13,18H2,1-4H3/t25-,26-,27-,28+,29+/m1/s1. The van der Waals surface area contributed by atoms with Crippen LogP contribution in [0.4, 0.5) is 0 Å².